The third-order valence-electron chi connectivity index (χ3n) is 4.59. The number of hydrogen-bond acceptors (Lipinski definition) is 4. The van der Waals surface area contributed by atoms with Crippen molar-refractivity contribution in [2.45, 2.75) is 51.4 Å². The fourth-order valence-corrected chi connectivity index (χ4v) is 2.97. The average Bonchev–Trinajstić information content (AvgIpc) is 3.18. The second-order valence-corrected chi connectivity index (χ2v) is 6.35. The minimum Gasteiger partial charge on any atom is -0.468 e. The second kappa shape index (κ2) is 6.29. The van der Waals surface area contributed by atoms with Gasteiger partial charge in [0.05, 0.1) is 12.8 Å². The Hall–Kier alpha value is -0.840. The molecule has 1 saturated carbocycles. The molecule has 2 heterocycles. The van der Waals surface area contributed by atoms with Crippen molar-refractivity contribution in [3.05, 3.63) is 23.7 Å². The van der Waals surface area contributed by atoms with Gasteiger partial charge in [-0.2, -0.15) is 0 Å². The zero-order valence-corrected chi connectivity index (χ0v) is 12.8. The van der Waals surface area contributed by atoms with Crippen LogP contribution in [0.1, 0.15) is 37.5 Å². The number of nitrogens with one attached hydrogen (secondary N) is 1. The first kappa shape index (κ1) is 14.1. The molecule has 4 heteroatoms. The Morgan fingerprint density at radius 2 is 2.20 bits per heavy atom. The van der Waals surface area contributed by atoms with E-state index in [0.29, 0.717) is 6.04 Å². The molecule has 0 radical (unpaired) electrons. The lowest BCUT2D eigenvalue weighted by Gasteiger charge is -2.38. The topological polar surface area (TPSA) is 31.6 Å². The summed E-state index contributed by atoms with van der Waals surface area (Å²) >= 11 is 0. The maximum atomic E-state index is 5.72. The Labute approximate surface area is 122 Å². The van der Waals surface area contributed by atoms with Crippen LogP contribution in [0.2, 0.25) is 0 Å². The molecule has 0 bridgehead atoms. The lowest BCUT2D eigenvalue weighted by Crippen LogP contribution is -2.50. The van der Waals surface area contributed by atoms with E-state index in [9.17, 15) is 0 Å². The number of likely N-dealkylation sites (N-methyl/N-ethyl adjacent to an activating group) is 1. The van der Waals surface area contributed by atoms with E-state index >= 15 is 0 Å². The van der Waals surface area contributed by atoms with Crippen LogP contribution in [0.15, 0.2) is 16.7 Å². The summed E-state index contributed by atoms with van der Waals surface area (Å²) in [6.45, 7) is 7.64. The second-order valence-electron chi connectivity index (χ2n) is 6.35. The number of nitrogens with zero attached hydrogens (tertiary/aromatic N) is 2. The molecule has 1 N–H and O–H groups in total. The molecule has 1 aromatic heterocycles. The molecule has 1 aromatic rings. The molecule has 1 saturated heterocycles. The van der Waals surface area contributed by atoms with Gasteiger partial charge in [0.15, 0.2) is 0 Å². The Kier molecular flexibility index (Phi) is 4.44. The Morgan fingerprint density at radius 3 is 2.95 bits per heavy atom. The van der Waals surface area contributed by atoms with Gasteiger partial charge >= 0.3 is 0 Å². The third-order valence-corrected chi connectivity index (χ3v) is 4.59. The Bertz CT molecular complexity index is 427. The van der Waals surface area contributed by atoms with Gasteiger partial charge in [0.25, 0.3) is 0 Å². The standard InChI is InChI=1S/C16H27N3O/c1-3-15-10-19(7-6-18(15)2)11-16-8-13(12-20-16)9-17-14-4-5-14/h8,12,14-15,17H,3-7,9-11H2,1-2H3. The largest absolute Gasteiger partial charge is 0.468 e. The van der Waals surface area contributed by atoms with E-state index in [0.717, 1.165) is 44.5 Å². The van der Waals surface area contributed by atoms with Crippen LogP contribution in [0, 0.1) is 0 Å². The number of furan rings is 1. The maximum Gasteiger partial charge on any atom is 0.118 e. The molecule has 2 aliphatic rings. The van der Waals surface area contributed by atoms with Crippen molar-refractivity contribution in [1.82, 2.24) is 15.1 Å². The summed E-state index contributed by atoms with van der Waals surface area (Å²) in [4.78, 5) is 4.99. The van der Waals surface area contributed by atoms with Crippen LogP contribution in [0.5, 0.6) is 0 Å². The highest BCUT2D eigenvalue weighted by Gasteiger charge is 2.24. The van der Waals surface area contributed by atoms with Crippen molar-refractivity contribution >= 4 is 0 Å². The van der Waals surface area contributed by atoms with Crippen molar-refractivity contribution in [2.24, 2.45) is 0 Å². The summed E-state index contributed by atoms with van der Waals surface area (Å²) in [5.41, 5.74) is 1.29. The van der Waals surface area contributed by atoms with Crippen molar-refractivity contribution in [2.75, 3.05) is 26.7 Å². The van der Waals surface area contributed by atoms with Gasteiger partial charge in [0.1, 0.15) is 5.76 Å². The predicted molar refractivity (Wildman–Crippen MR) is 80.6 cm³/mol. The van der Waals surface area contributed by atoms with Crippen LogP contribution in [0.4, 0.5) is 0 Å². The Balaban J connectivity index is 1.49. The van der Waals surface area contributed by atoms with Crippen molar-refractivity contribution in [1.29, 1.82) is 0 Å². The van der Waals surface area contributed by atoms with E-state index in [1.165, 1.54) is 24.8 Å². The summed E-state index contributed by atoms with van der Waals surface area (Å²) in [5.74, 6) is 1.11. The van der Waals surface area contributed by atoms with Crippen molar-refractivity contribution in [3.8, 4) is 0 Å². The molecular formula is C16H27N3O. The summed E-state index contributed by atoms with van der Waals surface area (Å²) in [6, 6.07) is 3.67. The highest BCUT2D eigenvalue weighted by Crippen LogP contribution is 2.20. The van der Waals surface area contributed by atoms with Gasteiger partial charge in [0.2, 0.25) is 0 Å². The summed E-state index contributed by atoms with van der Waals surface area (Å²) in [6.07, 6.45) is 5.81. The molecule has 2 fully saturated rings. The van der Waals surface area contributed by atoms with Crippen LogP contribution in [0.25, 0.3) is 0 Å². The Morgan fingerprint density at radius 1 is 1.35 bits per heavy atom. The van der Waals surface area contributed by atoms with Gasteiger partial charge < -0.3 is 14.6 Å². The molecule has 1 atom stereocenters. The normalized spacial score (nSPS) is 25.2. The minimum absolute atomic E-state index is 0.690. The lowest BCUT2D eigenvalue weighted by molar-refractivity contribution is 0.0836. The van der Waals surface area contributed by atoms with Gasteiger partial charge in [-0.25, -0.2) is 0 Å². The zero-order chi connectivity index (χ0) is 13.9. The van der Waals surface area contributed by atoms with Crippen LogP contribution >= 0.6 is 0 Å². The smallest absolute Gasteiger partial charge is 0.118 e. The highest BCUT2D eigenvalue weighted by molar-refractivity contribution is 5.13. The number of rotatable bonds is 6. The van der Waals surface area contributed by atoms with E-state index in [1.54, 1.807) is 0 Å². The first-order valence-electron chi connectivity index (χ1n) is 7.97. The van der Waals surface area contributed by atoms with Gasteiger partial charge in [-0.15, -0.1) is 0 Å². The van der Waals surface area contributed by atoms with Crippen LogP contribution in [-0.2, 0) is 13.1 Å². The summed E-state index contributed by atoms with van der Waals surface area (Å²) < 4.78 is 5.72. The predicted octanol–water partition coefficient (Wildman–Crippen LogP) is 2.06. The molecule has 20 heavy (non-hydrogen) atoms. The summed E-state index contributed by atoms with van der Waals surface area (Å²) in [7, 11) is 2.24. The first-order chi connectivity index (χ1) is 9.74. The summed E-state index contributed by atoms with van der Waals surface area (Å²) in [5, 5.41) is 3.53. The first-order valence-corrected chi connectivity index (χ1v) is 7.97. The molecule has 3 rings (SSSR count). The van der Waals surface area contributed by atoms with Crippen LogP contribution in [-0.4, -0.2) is 48.6 Å². The van der Waals surface area contributed by atoms with Gasteiger partial charge in [-0.05, 0) is 32.4 Å². The van der Waals surface area contributed by atoms with Gasteiger partial charge in [-0.1, -0.05) is 6.92 Å². The van der Waals surface area contributed by atoms with E-state index in [4.69, 9.17) is 4.42 Å². The molecule has 4 nitrogen and oxygen atoms in total. The van der Waals surface area contributed by atoms with Gasteiger partial charge in [-0.3, -0.25) is 4.90 Å². The average molecular weight is 277 g/mol. The van der Waals surface area contributed by atoms with Crippen molar-refractivity contribution in [3.63, 3.8) is 0 Å². The third kappa shape index (κ3) is 3.62. The minimum atomic E-state index is 0.690. The van der Waals surface area contributed by atoms with Crippen LogP contribution in [0.3, 0.4) is 0 Å². The molecule has 0 aromatic carbocycles. The lowest BCUT2D eigenvalue weighted by atomic mass is 10.1. The SMILES string of the molecule is CCC1CN(Cc2cc(CNC3CC3)co2)CCN1C. The number of piperazine rings is 1. The molecule has 1 aliphatic heterocycles. The molecule has 1 unspecified atom stereocenters. The molecule has 0 amide bonds. The van der Waals surface area contributed by atoms with E-state index in [-0.39, 0.29) is 0 Å². The monoisotopic (exact) mass is 277 g/mol. The zero-order valence-electron chi connectivity index (χ0n) is 12.8. The molecule has 1 aliphatic carbocycles. The van der Waals surface area contributed by atoms with Gasteiger partial charge in [0, 0.05) is 43.8 Å². The fourth-order valence-electron chi connectivity index (χ4n) is 2.97. The fraction of sp³-hybridized carbons (Fsp3) is 0.750. The quantitative estimate of drug-likeness (QED) is 0.862. The van der Waals surface area contributed by atoms with Crippen LogP contribution < -0.4 is 5.32 Å². The van der Waals surface area contributed by atoms with Crippen molar-refractivity contribution < 1.29 is 4.42 Å². The van der Waals surface area contributed by atoms with E-state index in [1.807, 2.05) is 6.26 Å². The van der Waals surface area contributed by atoms with E-state index < -0.39 is 0 Å². The molecule has 112 valence electrons. The highest BCUT2D eigenvalue weighted by atomic mass is 16.3. The molecule has 0 spiro atoms. The number of hydrogen-bond donors (Lipinski definition) is 1. The molecular weight excluding hydrogens is 250 g/mol. The van der Waals surface area contributed by atoms with E-state index in [2.05, 4.69) is 35.2 Å². The maximum absolute atomic E-state index is 5.72.